The van der Waals surface area contributed by atoms with Gasteiger partial charge in [-0.1, -0.05) is 18.2 Å². The maximum Gasteiger partial charge on any atom is 0.251 e. The van der Waals surface area contributed by atoms with Crippen molar-refractivity contribution in [3.8, 4) is 0 Å². The zero-order valence-corrected chi connectivity index (χ0v) is 14.2. The second kappa shape index (κ2) is 7.93. The maximum atomic E-state index is 13.7. The molecule has 2 aromatic rings. The quantitative estimate of drug-likeness (QED) is 0.761. The highest BCUT2D eigenvalue weighted by Gasteiger charge is 2.14. The van der Waals surface area contributed by atoms with E-state index >= 15 is 0 Å². The van der Waals surface area contributed by atoms with Crippen LogP contribution < -0.4 is 10.6 Å². The van der Waals surface area contributed by atoms with Gasteiger partial charge in [0.2, 0.25) is 0 Å². The van der Waals surface area contributed by atoms with Crippen molar-refractivity contribution in [2.75, 3.05) is 18.5 Å². The first kappa shape index (κ1) is 17.9. The van der Waals surface area contributed by atoms with Crippen LogP contribution in [0, 0.1) is 19.7 Å². The Morgan fingerprint density at radius 2 is 2.00 bits per heavy atom. The molecule has 0 bridgehead atoms. The number of hydrogen-bond donors (Lipinski definition) is 3. The highest BCUT2D eigenvalue weighted by Crippen LogP contribution is 2.25. The van der Waals surface area contributed by atoms with Crippen LogP contribution in [0.15, 0.2) is 36.4 Å². The highest BCUT2D eigenvalue weighted by molar-refractivity contribution is 5.97. The molecule has 0 heterocycles. The second-order valence-electron chi connectivity index (χ2n) is 5.83. The zero-order valence-electron chi connectivity index (χ0n) is 14.2. The number of rotatable bonds is 6. The number of hydrogen-bond acceptors (Lipinski definition) is 3. The van der Waals surface area contributed by atoms with E-state index in [0.29, 0.717) is 11.1 Å². The molecule has 0 aliphatic heterocycles. The fourth-order valence-electron chi connectivity index (χ4n) is 2.50. The van der Waals surface area contributed by atoms with Crippen molar-refractivity contribution >= 4 is 11.6 Å². The number of carbonyl (C=O) groups is 1. The normalized spacial score (nSPS) is 11.9. The molecule has 0 fully saturated rings. The minimum Gasteiger partial charge on any atom is -0.395 e. The molecule has 2 aromatic carbocycles. The van der Waals surface area contributed by atoms with Crippen molar-refractivity contribution < 1.29 is 14.3 Å². The highest BCUT2D eigenvalue weighted by atomic mass is 19.1. The van der Waals surface area contributed by atoms with Crippen LogP contribution in [0.25, 0.3) is 0 Å². The predicted molar refractivity (Wildman–Crippen MR) is 93.8 cm³/mol. The predicted octanol–water partition coefficient (Wildman–Crippen LogP) is 3.34. The van der Waals surface area contributed by atoms with Crippen molar-refractivity contribution in [1.82, 2.24) is 5.32 Å². The van der Waals surface area contributed by atoms with E-state index in [2.05, 4.69) is 10.6 Å². The van der Waals surface area contributed by atoms with Crippen molar-refractivity contribution in [1.29, 1.82) is 0 Å². The lowest BCUT2D eigenvalue weighted by atomic mass is 10.0. The van der Waals surface area contributed by atoms with Gasteiger partial charge in [0.15, 0.2) is 0 Å². The van der Waals surface area contributed by atoms with Gasteiger partial charge in [-0.3, -0.25) is 4.79 Å². The molecule has 0 spiro atoms. The Bertz CT molecular complexity index is 731. The van der Waals surface area contributed by atoms with Crippen molar-refractivity contribution in [3.05, 3.63) is 64.5 Å². The molecule has 3 N–H and O–H groups in total. The fourth-order valence-corrected chi connectivity index (χ4v) is 2.50. The van der Waals surface area contributed by atoms with Crippen molar-refractivity contribution in [2.24, 2.45) is 0 Å². The molecule has 1 amide bonds. The van der Waals surface area contributed by atoms with E-state index in [1.54, 1.807) is 25.1 Å². The van der Waals surface area contributed by atoms with Gasteiger partial charge >= 0.3 is 0 Å². The van der Waals surface area contributed by atoms with E-state index in [9.17, 15) is 9.18 Å². The second-order valence-corrected chi connectivity index (χ2v) is 5.83. The number of amides is 1. The number of aliphatic hydroxyl groups excluding tert-OH is 1. The van der Waals surface area contributed by atoms with Gasteiger partial charge in [0.25, 0.3) is 5.91 Å². The van der Waals surface area contributed by atoms with Crippen LogP contribution in [0.5, 0.6) is 0 Å². The molecule has 5 heteroatoms. The van der Waals surface area contributed by atoms with Gasteiger partial charge in [-0.15, -0.1) is 0 Å². The Balaban J connectivity index is 2.20. The van der Waals surface area contributed by atoms with Crippen LogP contribution in [0.1, 0.15) is 40.0 Å². The largest absolute Gasteiger partial charge is 0.395 e. The Kier molecular flexibility index (Phi) is 5.93. The van der Waals surface area contributed by atoms with Gasteiger partial charge < -0.3 is 15.7 Å². The fraction of sp³-hybridized carbons (Fsp3) is 0.316. The molecule has 0 aliphatic carbocycles. The first-order valence-electron chi connectivity index (χ1n) is 7.95. The summed E-state index contributed by atoms with van der Waals surface area (Å²) in [5, 5.41) is 14.8. The van der Waals surface area contributed by atoms with Gasteiger partial charge in [0.1, 0.15) is 5.82 Å². The summed E-state index contributed by atoms with van der Waals surface area (Å²) >= 11 is 0. The van der Waals surface area contributed by atoms with Gasteiger partial charge in [-0.2, -0.15) is 0 Å². The minimum atomic E-state index is -0.227. The van der Waals surface area contributed by atoms with Crippen LogP contribution in [0.3, 0.4) is 0 Å². The lowest BCUT2D eigenvalue weighted by Gasteiger charge is -2.19. The van der Waals surface area contributed by atoms with E-state index in [0.717, 1.165) is 16.8 Å². The molecule has 0 aliphatic rings. The summed E-state index contributed by atoms with van der Waals surface area (Å²) in [6, 6.07) is 10.5. The van der Waals surface area contributed by atoms with Gasteiger partial charge in [0, 0.05) is 23.8 Å². The molecule has 2 rings (SSSR count). The topological polar surface area (TPSA) is 61.4 Å². The summed E-state index contributed by atoms with van der Waals surface area (Å²) in [4.78, 5) is 12.1. The molecular weight excluding hydrogens is 307 g/mol. The number of benzene rings is 2. The third kappa shape index (κ3) is 4.11. The third-order valence-corrected chi connectivity index (χ3v) is 4.04. The summed E-state index contributed by atoms with van der Waals surface area (Å²) < 4.78 is 13.7. The van der Waals surface area contributed by atoms with Gasteiger partial charge in [0.05, 0.1) is 6.61 Å². The number of anilines is 1. The van der Waals surface area contributed by atoms with Crippen LogP contribution >= 0.6 is 0 Å². The molecule has 0 radical (unpaired) electrons. The van der Waals surface area contributed by atoms with E-state index in [4.69, 9.17) is 5.11 Å². The van der Waals surface area contributed by atoms with E-state index in [-0.39, 0.29) is 30.9 Å². The van der Waals surface area contributed by atoms with Crippen LogP contribution in [0.4, 0.5) is 10.1 Å². The van der Waals surface area contributed by atoms with E-state index in [1.807, 2.05) is 26.0 Å². The van der Waals surface area contributed by atoms with Gasteiger partial charge in [-0.05, 0) is 55.7 Å². The maximum absolute atomic E-state index is 13.7. The number of carbonyl (C=O) groups excluding carboxylic acids is 1. The molecule has 128 valence electrons. The number of aliphatic hydroxyl groups is 1. The Hall–Kier alpha value is -2.40. The average Bonchev–Trinajstić information content (AvgIpc) is 2.57. The molecule has 0 aromatic heterocycles. The summed E-state index contributed by atoms with van der Waals surface area (Å²) in [5.41, 5.74) is 3.64. The molecule has 0 saturated carbocycles. The lowest BCUT2D eigenvalue weighted by Crippen LogP contribution is -2.27. The first-order valence-corrected chi connectivity index (χ1v) is 7.95. The summed E-state index contributed by atoms with van der Waals surface area (Å²) in [6.07, 6.45) is 0. The average molecular weight is 330 g/mol. The Labute approximate surface area is 141 Å². The molecular formula is C19H23FN2O2. The molecule has 0 saturated heterocycles. The molecule has 1 atom stereocenters. The van der Waals surface area contributed by atoms with Crippen LogP contribution in [-0.4, -0.2) is 24.2 Å². The third-order valence-electron chi connectivity index (χ3n) is 4.04. The van der Waals surface area contributed by atoms with Gasteiger partial charge in [-0.25, -0.2) is 4.39 Å². The van der Waals surface area contributed by atoms with Crippen LogP contribution in [-0.2, 0) is 0 Å². The van der Waals surface area contributed by atoms with E-state index < -0.39 is 0 Å². The number of nitrogens with one attached hydrogen (secondary N) is 2. The SMILES string of the molecule is Cc1ccc(C(C)Nc2cccc(C(=O)NCCO)c2C)cc1F. The Morgan fingerprint density at radius 1 is 1.25 bits per heavy atom. The first-order chi connectivity index (χ1) is 11.4. The molecule has 24 heavy (non-hydrogen) atoms. The molecule has 1 unspecified atom stereocenters. The summed E-state index contributed by atoms with van der Waals surface area (Å²) in [7, 11) is 0. The monoisotopic (exact) mass is 330 g/mol. The molecule has 4 nitrogen and oxygen atoms in total. The number of aryl methyl sites for hydroxylation is 1. The van der Waals surface area contributed by atoms with Crippen LogP contribution in [0.2, 0.25) is 0 Å². The summed E-state index contributed by atoms with van der Waals surface area (Å²) in [6.45, 7) is 5.66. The van der Waals surface area contributed by atoms with E-state index in [1.165, 1.54) is 6.07 Å². The Morgan fingerprint density at radius 3 is 2.67 bits per heavy atom. The number of halogens is 1. The lowest BCUT2D eigenvalue weighted by molar-refractivity contribution is 0.0944. The van der Waals surface area contributed by atoms with Crippen molar-refractivity contribution in [2.45, 2.75) is 26.8 Å². The zero-order chi connectivity index (χ0) is 17.7. The van der Waals surface area contributed by atoms with Crippen molar-refractivity contribution in [3.63, 3.8) is 0 Å². The summed E-state index contributed by atoms with van der Waals surface area (Å²) in [5.74, 6) is -0.450. The standard InChI is InChI=1S/C19H23FN2O2/c1-12-7-8-15(11-17(12)20)14(3)22-18-6-4-5-16(13(18)2)19(24)21-9-10-23/h4-8,11,14,22-23H,9-10H2,1-3H3,(H,21,24). The smallest absolute Gasteiger partial charge is 0.251 e. The minimum absolute atomic E-state index is 0.0985.